The van der Waals surface area contributed by atoms with Gasteiger partial charge in [-0.05, 0) is 40.8 Å². The summed E-state index contributed by atoms with van der Waals surface area (Å²) in [5.74, 6) is -0.0434. The number of ether oxygens (including phenoxy) is 1. The highest BCUT2D eigenvalue weighted by molar-refractivity contribution is 6.03. The second-order valence-electron chi connectivity index (χ2n) is 6.70. The molecule has 0 saturated heterocycles. The minimum absolute atomic E-state index is 0.0830. The Morgan fingerprint density at radius 2 is 1.71 bits per heavy atom. The Morgan fingerprint density at radius 1 is 1.14 bits per heavy atom. The second-order valence-corrected chi connectivity index (χ2v) is 6.70. The van der Waals surface area contributed by atoms with Crippen LogP contribution < -0.4 is 0 Å². The number of Topliss-reactive ketones (excluding diaryl/α,β-unsaturated/α-hetero) is 1. The van der Waals surface area contributed by atoms with Crippen LogP contribution in [-0.2, 0) is 14.3 Å². The molecule has 5 heteroatoms. The molecular formula is C16H32N2O3. The second kappa shape index (κ2) is 9.15. The first-order chi connectivity index (χ1) is 9.61. The number of carbonyl (C=O) groups is 2. The first-order valence-corrected chi connectivity index (χ1v) is 7.68. The van der Waals surface area contributed by atoms with Crippen LogP contribution in [0.4, 0.5) is 0 Å². The lowest BCUT2D eigenvalue weighted by Crippen LogP contribution is -2.44. The summed E-state index contributed by atoms with van der Waals surface area (Å²) in [7, 11) is 4.02. The van der Waals surface area contributed by atoms with E-state index in [0.29, 0.717) is 12.5 Å². The molecule has 0 N–H and O–H groups in total. The minimum Gasteiger partial charge on any atom is -0.465 e. The van der Waals surface area contributed by atoms with Crippen LogP contribution in [0.1, 0.15) is 34.6 Å². The van der Waals surface area contributed by atoms with Gasteiger partial charge in [0.15, 0.2) is 5.78 Å². The highest BCUT2D eigenvalue weighted by Crippen LogP contribution is 2.20. The van der Waals surface area contributed by atoms with E-state index >= 15 is 0 Å². The molecule has 21 heavy (non-hydrogen) atoms. The van der Waals surface area contributed by atoms with E-state index in [1.807, 2.05) is 14.1 Å². The standard InChI is InChI=1S/C16H32N2O3/c1-8-21-15(20)16(4,5)14(19)12-18(11-13(2)3)10-9-17(6)7/h13H,8-12H2,1-7H3. The van der Waals surface area contributed by atoms with E-state index in [-0.39, 0.29) is 12.3 Å². The maximum atomic E-state index is 12.5. The van der Waals surface area contributed by atoms with Crippen molar-refractivity contribution in [3.05, 3.63) is 0 Å². The van der Waals surface area contributed by atoms with Crippen molar-refractivity contribution in [2.24, 2.45) is 11.3 Å². The largest absolute Gasteiger partial charge is 0.465 e. The maximum absolute atomic E-state index is 12.5. The topological polar surface area (TPSA) is 49.9 Å². The summed E-state index contributed by atoms with van der Waals surface area (Å²) in [5.41, 5.74) is -1.08. The van der Waals surface area contributed by atoms with E-state index in [9.17, 15) is 9.59 Å². The fourth-order valence-corrected chi connectivity index (χ4v) is 1.92. The van der Waals surface area contributed by atoms with Crippen LogP contribution in [0.15, 0.2) is 0 Å². The quantitative estimate of drug-likeness (QED) is 0.454. The Kier molecular flexibility index (Phi) is 8.74. The van der Waals surface area contributed by atoms with Crippen molar-refractivity contribution < 1.29 is 14.3 Å². The van der Waals surface area contributed by atoms with Gasteiger partial charge in [0, 0.05) is 19.6 Å². The van der Waals surface area contributed by atoms with Crippen molar-refractivity contribution in [3.63, 3.8) is 0 Å². The first-order valence-electron chi connectivity index (χ1n) is 7.68. The molecule has 0 spiro atoms. The molecule has 0 aliphatic heterocycles. The number of likely N-dealkylation sites (N-methyl/N-ethyl adjacent to an activating group) is 1. The molecule has 0 amide bonds. The van der Waals surface area contributed by atoms with Crippen LogP contribution in [0.3, 0.4) is 0 Å². The fourth-order valence-electron chi connectivity index (χ4n) is 1.92. The Labute approximate surface area is 129 Å². The van der Waals surface area contributed by atoms with Gasteiger partial charge >= 0.3 is 5.97 Å². The van der Waals surface area contributed by atoms with Crippen LogP contribution in [0.5, 0.6) is 0 Å². The van der Waals surface area contributed by atoms with E-state index in [0.717, 1.165) is 19.6 Å². The van der Waals surface area contributed by atoms with E-state index < -0.39 is 11.4 Å². The molecule has 0 saturated carbocycles. The molecule has 0 rings (SSSR count). The lowest BCUT2D eigenvalue weighted by molar-refractivity contribution is -0.158. The number of hydrogen-bond acceptors (Lipinski definition) is 5. The SMILES string of the molecule is CCOC(=O)C(C)(C)C(=O)CN(CCN(C)C)CC(C)C. The molecule has 0 radical (unpaired) electrons. The number of carbonyl (C=O) groups excluding carboxylic acids is 2. The van der Waals surface area contributed by atoms with Gasteiger partial charge in [0.2, 0.25) is 0 Å². The molecule has 0 aliphatic rings. The molecular weight excluding hydrogens is 268 g/mol. The molecule has 5 nitrogen and oxygen atoms in total. The number of nitrogens with zero attached hydrogens (tertiary/aromatic N) is 2. The summed E-state index contributed by atoms with van der Waals surface area (Å²) in [4.78, 5) is 28.6. The van der Waals surface area contributed by atoms with Crippen LogP contribution in [0.2, 0.25) is 0 Å². The molecule has 0 unspecified atom stereocenters. The number of rotatable bonds is 10. The van der Waals surface area contributed by atoms with E-state index in [4.69, 9.17) is 4.74 Å². The third-order valence-corrected chi connectivity index (χ3v) is 3.34. The summed E-state index contributed by atoms with van der Waals surface area (Å²) >= 11 is 0. The first kappa shape index (κ1) is 20.1. The van der Waals surface area contributed by atoms with Crippen molar-refractivity contribution >= 4 is 11.8 Å². The normalized spacial score (nSPS) is 12.3. The molecule has 0 aromatic rings. The van der Waals surface area contributed by atoms with Gasteiger partial charge in [0.25, 0.3) is 0 Å². The third kappa shape index (κ3) is 7.58. The van der Waals surface area contributed by atoms with Gasteiger partial charge in [-0.25, -0.2) is 0 Å². The predicted octanol–water partition coefficient (Wildman–Crippen LogP) is 1.66. The smallest absolute Gasteiger partial charge is 0.319 e. The average molecular weight is 300 g/mol. The van der Waals surface area contributed by atoms with Crippen LogP contribution in [-0.4, -0.2) is 68.4 Å². The van der Waals surface area contributed by atoms with Crippen LogP contribution in [0.25, 0.3) is 0 Å². The lowest BCUT2D eigenvalue weighted by atomic mass is 9.87. The number of ketones is 1. The molecule has 0 atom stereocenters. The summed E-state index contributed by atoms with van der Waals surface area (Å²) in [6.07, 6.45) is 0. The summed E-state index contributed by atoms with van der Waals surface area (Å²) in [6.45, 7) is 12.4. The van der Waals surface area contributed by atoms with Gasteiger partial charge in [0.05, 0.1) is 13.2 Å². The van der Waals surface area contributed by atoms with Crippen molar-refractivity contribution in [1.29, 1.82) is 0 Å². The maximum Gasteiger partial charge on any atom is 0.319 e. The minimum atomic E-state index is -1.08. The van der Waals surface area contributed by atoms with Crippen LogP contribution in [0, 0.1) is 11.3 Å². The Morgan fingerprint density at radius 3 is 2.14 bits per heavy atom. The number of esters is 1. The number of hydrogen-bond donors (Lipinski definition) is 0. The van der Waals surface area contributed by atoms with Gasteiger partial charge in [-0.1, -0.05) is 13.8 Å². The summed E-state index contributed by atoms with van der Waals surface area (Å²) in [6, 6.07) is 0. The molecule has 0 aliphatic carbocycles. The molecule has 0 aromatic carbocycles. The lowest BCUT2D eigenvalue weighted by Gasteiger charge is -2.28. The fraction of sp³-hybridized carbons (Fsp3) is 0.875. The Hall–Kier alpha value is -0.940. The molecule has 0 aromatic heterocycles. The highest BCUT2D eigenvalue weighted by atomic mass is 16.5. The van der Waals surface area contributed by atoms with Crippen molar-refractivity contribution in [3.8, 4) is 0 Å². The van der Waals surface area contributed by atoms with Gasteiger partial charge in [-0.3, -0.25) is 14.5 Å². The third-order valence-electron chi connectivity index (χ3n) is 3.34. The van der Waals surface area contributed by atoms with E-state index in [1.165, 1.54) is 0 Å². The van der Waals surface area contributed by atoms with E-state index in [1.54, 1.807) is 20.8 Å². The summed E-state index contributed by atoms with van der Waals surface area (Å²) < 4.78 is 5.00. The van der Waals surface area contributed by atoms with E-state index in [2.05, 4.69) is 23.6 Å². The summed E-state index contributed by atoms with van der Waals surface area (Å²) in [5, 5.41) is 0. The van der Waals surface area contributed by atoms with Gasteiger partial charge in [-0.15, -0.1) is 0 Å². The predicted molar refractivity (Wildman–Crippen MR) is 85.3 cm³/mol. The Bertz CT molecular complexity index is 338. The van der Waals surface area contributed by atoms with Crippen molar-refractivity contribution in [2.45, 2.75) is 34.6 Å². The highest BCUT2D eigenvalue weighted by Gasteiger charge is 2.37. The van der Waals surface area contributed by atoms with Crippen molar-refractivity contribution in [1.82, 2.24) is 9.80 Å². The average Bonchev–Trinajstić information content (AvgIpc) is 2.35. The molecule has 0 fully saturated rings. The zero-order chi connectivity index (χ0) is 16.6. The molecule has 0 heterocycles. The van der Waals surface area contributed by atoms with Crippen molar-refractivity contribution in [2.75, 3.05) is 46.9 Å². The van der Waals surface area contributed by atoms with Crippen LogP contribution >= 0.6 is 0 Å². The monoisotopic (exact) mass is 300 g/mol. The zero-order valence-electron chi connectivity index (χ0n) is 14.7. The molecule has 124 valence electrons. The van der Waals surface area contributed by atoms with Gasteiger partial charge in [0.1, 0.15) is 5.41 Å². The van der Waals surface area contributed by atoms with Gasteiger partial charge in [-0.2, -0.15) is 0 Å². The zero-order valence-corrected chi connectivity index (χ0v) is 14.7. The van der Waals surface area contributed by atoms with Gasteiger partial charge < -0.3 is 9.64 Å². The Balaban J connectivity index is 4.73. The molecule has 0 bridgehead atoms.